The Bertz CT molecular complexity index is 1040. The van der Waals surface area contributed by atoms with E-state index in [-0.39, 0.29) is 11.0 Å². The maximum Gasteiger partial charge on any atom is 0.320 e. The van der Waals surface area contributed by atoms with E-state index in [1.54, 1.807) is 19.1 Å². The average molecular weight is 487 g/mol. The lowest BCUT2D eigenvalue weighted by Crippen LogP contribution is -2.12. The van der Waals surface area contributed by atoms with E-state index >= 15 is 0 Å². The second-order valence-corrected chi connectivity index (χ2v) is 7.60. The van der Waals surface area contributed by atoms with Crippen molar-refractivity contribution in [1.82, 2.24) is 14.5 Å². The Balaban J connectivity index is 1.87. The van der Waals surface area contributed by atoms with Gasteiger partial charge in [-0.3, -0.25) is 14.7 Å². The van der Waals surface area contributed by atoms with Gasteiger partial charge in [0.25, 0.3) is 5.91 Å². The summed E-state index contributed by atoms with van der Waals surface area (Å²) in [6.45, 7) is 1.23. The van der Waals surface area contributed by atoms with Crippen LogP contribution in [-0.4, -0.2) is 34.2 Å². The van der Waals surface area contributed by atoms with Crippen LogP contribution in [0.2, 0.25) is 0 Å². The number of rotatable bonds is 7. The van der Waals surface area contributed by atoms with E-state index in [0.717, 1.165) is 15.9 Å². The number of methoxy groups -OCH3 is 1. The number of carbonyl (C=O) groups excluding carboxylic acids is 1. The van der Waals surface area contributed by atoms with Crippen molar-refractivity contribution in [3.63, 3.8) is 0 Å². The Hall–Kier alpha value is -2.53. The van der Waals surface area contributed by atoms with E-state index in [9.17, 15) is 13.6 Å². The highest BCUT2D eigenvalue weighted by Gasteiger charge is 2.21. The van der Waals surface area contributed by atoms with Gasteiger partial charge in [-0.25, -0.2) is 9.97 Å². The van der Waals surface area contributed by atoms with E-state index in [1.807, 2.05) is 6.92 Å². The number of amides is 1. The van der Waals surface area contributed by atoms with Crippen LogP contribution in [0.25, 0.3) is 10.7 Å². The van der Waals surface area contributed by atoms with Crippen LogP contribution in [0.15, 0.2) is 29.0 Å². The molecule has 0 atom stereocenters. The van der Waals surface area contributed by atoms with Crippen molar-refractivity contribution in [2.75, 3.05) is 19.0 Å². The molecule has 1 amide bonds. The number of ether oxygens (including phenoxy) is 2. The highest BCUT2D eigenvalue weighted by atomic mass is 79.9. The van der Waals surface area contributed by atoms with Crippen LogP contribution in [0, 0.1) is 6.92 Å². The molecule has 154 valence electrons. The summed E-state index contributed by atoms with van der Waals surface area (Å²) >= 11 is 4.45. The first kappa shape index (κ1) is 21.2. The molecule has 1 aromatic carbocycles. The maximum atomic E-state index is 13.1. The number of aromatic nitrogens is 3. The minimum Gasteiger partial charge on any atom is -0.493 e. The molecule has 0 aliphatic carbocycles. The van der Waals surface area contributed by atoms with E-state index in [4.69, 9.17) is 9.47 Å². The molecule has 0 aliphatic rings. The molecule has 3 aromatic rings. The Kier molecular flexibility index (Phi) is 6.48. The lowest BCUT2D eigenvalue weighted by atomic mass is 10.2. The quantitative estimate of drug-likeness (QED) is 0.500. The summed E-state index contributed by atoms with van der Waals surface area (Å²) in [6, 6.07) is 3.16. The number of anilines is 1. The van der Waals surface area contributed by atoms with Gasteiger partial charge in [0, 0.05) is 18.0 Å². The summed E-state index contributed by atoms with van der Waals surface area (Å²) in [5, 5.41) is 2.96. The predicted octanol–water partition coefficient (Wildman–Crippen LogP) is 5.13. The second kappa shape index (κ2) is 8.87. The minimum atomic E-state index is -2.72. The van der Waals surface area contributed by atoms with Crippen molar-refractivity contribution < 1.29 is 23.0 Å². The van der Waals surface area contributed by atoms with Gasteiger partial charge < -0.3 is 9.47 Å². The molecule has 29 heavy (non-hydrogen) atoms. The van der Waals surface area contributed by atoms with E-state index in [1.165, 1.54) is 19.5 Å². The number of carbonyl (C=O) groups is 1. The average Bonchev–Trinajstić information content (AvgIpc) is 3.29. The number of alkyl halides is 2. The summed E-state index contributed by atoms with van der Waals surface area (Å²) in [5.41, 5.74) is 0.810. The first-order chi connectivity index (χ1) is 13.8. The van der Waals surface area contributed by atoms with E-state index in [0.29, 0.717) is 38.7 Å². The standard InChI is InChI=1S/C18H17BrF2N4O3S/c1-4-28-13-11(19)7-10(8-12(13)27-3)16(26)24-18-23-9(2)14(29-18)15-22-5-6-25(15)17(20)21/h5-8,17H,4H2,1-3H3,(H,23,24,26). The lowest BCUT2D eigenvalue weighted by molar-refractivity contribution is 0.0720. The van der Waals surface area contributed by atoms with E-state index < -0.39 is 12.5 Å². The molecular formula is C18H17BrF2N4O3S. The fourth-order valence-corrected chi connectivity index (χ4v) is 4.13. The number of imidazole rings is 1. The van der Waals surface area contributed by atoms with Gasteiger partial charge in [-0.05, 0) is 41.9 Å². The van der Waals surface area contributed by atoms with Crippen molar-refractivity contribution in [2.45, 2.75) is 20.4 Å². The van der Waals surface area contributed by atoms with Crippen molar-refractivity contribution in [3.05, 3.63) is 40.3 Å². The number of nitrogens with zero attached hydrogens (tertiary/aromatic N) is 3. The summed E-state index contributed by atoms with van der Waals surface area (Å²) in [7, 11) is 1.48. The van der Waals surface area contributed by atoms with Gasteiger partial charge in [-0.15, -0.1) is 0 Å². The highest BCUT2D eigenvalue weighted by molar-refractivity contribution is 9.10. The van der Waals surface area contributed by atoms with E-state index in [2.05, 4.69) is 31.2 Å². The number of aryl methyl sites for hydroxylation is 1. The third-order valence-electron chi connectivity index (χ3n) is 3.88. The molecule has 0 spiro atoms. The van der Waals surface area contributed by atoms with Crippen molar-refractivity contribution in [3.8, 4) is 22.2 Å². The van der Waals surface area contributed by atoms with Crippen LogP contribution in [0.1, 0.15) is 29.5 Å². The Morgan fingerprint density at radius 2 is 2.17 bits per heavy atom. The molecule has 3 rings (SSSR count). The first-order valence-electron chi connectivity index (χ1n) is 8.46. The summed E-state index contributed by atoms with van der Waals surface area (Å²) in [4.78, 5) is 21.4. The van der Waals surface area contributed by atoms with Gasteiger partial charge >= 0.3 is 6.55 Å². The molecule has 0 aliphatic heterocycles. The number of thiazole rings is 1. The zero-order chi connectivity index (χ0) is 21.1. The summed E-state index contributed by atoms with van der Waals surface area (Å²) in [6.07, 6.45) is 2.49. The molecule has 0 saturated heterocycles. The molecule has 2 heterocycles. The van der Waals surface area contributed by atoms with Gasteiger partial charge in [-0.2, -0.15) is 8.78 Å². The van der Waals surface area contributed by atoms with Crippen molar-refractivity contribution in [1.29, 1.82) is 0 Å². The van der Waals surface area contributed by atoms with Gasteiger partial charge in [0.2, 0.25) is 0 Å². The Morgan fingerprint density at radius 1 is 1.41 bits per heavy atom. The van der Waals surface area contributed by atoms with Crippen molar-refractivity contribution >= 4 is 38.3 Å². The van der Waals surface area contributed by atoms with Crippen molar-refractivity contribution in [2.24, 2.45) is 0 Å². The minimum absolute atomic E-state index is 0.0981. The molecule has 2 aromatic heterocycles. The fraction of sp³-hybridized carbons (Fsp3) is 0.278. The zero-order valence-electron chi connectivity index (χ0n) is 15.7. The van der Waals surface area contributed by atoms with Gasteiger partial charge in [-0.1, -0.05) is 11.3 Å². The van der Waals surface area contributed by atoms with Crippen LogP contribution >= 0.6 is 27.3 Å². The molecule has 0 unspecified atom stereocenters. The molecule has 0 saturated carbocycles. The monoisotopic (exact) mass is 486 g/mol. The normalized spacial score (nSPS) is 11.0. The van der Waals surface area contributed by atoms with Gasteiger partial charge in [0.1, 0.15) is 0 Å². The molecular weight excluding hydrogens is 470 g/mol. The smallest absolute Gasteiger partial charge is 0.320 e. The number of halogens is 3. The molecule has 11 heteroatoms. The third kappa shape index (κ3) is 4.40. The summed E-state index contributed by atoms with van der Waals surface area (Å²) < 4.78 is 38.4. The Labute approximate surface area is 177 Å². The van der Waals surface area contributed by atoms with Crippen LogP contribution in [0.4, 0.5) is 13.9 Å². The highest BCUT2D eigenvalue weighted by Crippen LogP contribution is 2.37. The van der Waals surface area contributed by atoms with Crippen LogP contribution < -0.4 is 14.8 Å². The number of hydrogen-bond acceptors (Lipinski definition) is 6. The largest absolute Gasteiger partial charge is 0.493 e. The molecule has 0 fully saturated rings. The van der Waals surface area contributed by atoms with Crippen LogP contribution in [0.3, 0.4) is 0 Å². The number of nitrogens with one attached hydrogen (secondary N) is 1. The molecule has 1 N–H and O–H groups in total. The number of benzene rings is 1. The fourth-order valence-electron chi connectivity index (χ4n) is 2.61. The van der Waals surface area contributed by atoms with Crippen LogP contribution in [0.5, 0.6) is 11.5 Å². The summed E-state index contributed by atoms with van der Waals surface area (Å²) in [5.74, 6) is 0.574. The first-order valence-corrected chi connectivity index (χ1v) is 10.1. The topological polar surface area (TPSA) is 78.3 Å². The SMILES string of the molecule is CCOc1c(Br)cc(C(=O)Nc2nc(C)c(-c3nccn3C(F)F)s2)cc1OC. The third-order valence-corrected chi connectivity index (χ3v) is 5.54. The number of hydrogen-bond donors (Lipinski definition) is 1. The second-order valence-electron chi connectivity index (χ2n) is 5.75. The Morgan fingerprint density at radius 3 is 2.83 bits per heavy atom. The lowest BCUT2D eigenvalue weighted by Gasteiger charge is -2.13. The molecule has 7 nitrogen and oxygen atoms in total. The van der Waals surface area contributed by atoms with Gasteiger partial charge in [0.05, 0.1) is 28.8 Å². The van der Waals surface area contributed by atoms with Gasteiger partial charge in [0.15, 0.2) is 22.5 Å². The maximum absolute atomic E-state index is 13.1. The zero-order valence-corrected chi connectivity index (χ0v) is 18.1. The molecule has 0 radical (unpaired) electrons. The van der Waals surface area contributed by atoms with Crippen LogP contribution in [-0.2, 0) is 0 Å². The molecule has 0 bridgehead atoms. The predicted molar refractivity (Wildman–Crippen MR) is 109 cm³/mol.